The van der Waals surface area contributed by atoms with Crippen LogP contribution >= 0.6 is 0 Å². The van der Waals surface area contributed by atoms with Gasteiger partial charge in [0.2, 0.25) is 0 Å². The molecule has 2 heterocycles. The van der Waals surface area contributed by atoms with Crippen LogP contribution in [0.4, 0.5) is 0 Å². The molecule has 0 aromatic heterocycles. The molecule has 1 fully saturated rings. The summed E-state index contributed by atoms with van der Waals surface area (Å²) in [5, 5.41) is 2.02. The van der Waals surface area contributed by atoms with E-state index in [1.807, 2.05) is 5.01 Å². The minimum absolute atomic E-state index is 0.506. The third-order valence-corrected chi connectivity index (χ3v) is 3.15. The van der Waals surface area contributed by atoms with Crippen LogP contribution in [0.3, 0.4) is 0 Å². The van der Waals surface area contributed by atoms with Gasteiger partial charge >= 0.3 is 0 Å². The van der Waals surface area contributed by atoms with E-state index < -0.39 is 0 Å². The van der Waals surface area contributed by atoms with Gasteiger partial charge in [0.1, 0.15) is 0 Å². The summed E-state index contributed by atoms with van der Waals surface area (Å²) >= 11 is 0. The summed E-state index contributed by atoms with van der Waals surface area (Å²) in [5.41, 5.74) is 2.91. The number of nitrogens with zero attached hydrogens (tertiary/aromatic N) is 1. The number of benzene rings is 1. The van der Waals surface area contributed by atoms with Gasteiger partial charge in [-0.2, -0.15) is 0 Å². The molecule has 1 saturated heterocycles. The van der Waals surface area contributed by atoms with E-state index >= 15 is 0 Å². The van der Waals surface area contributed by atoms with Crippen LogP contribution < -0.4 is 5.84 Å². The normalized spacial score (nSPS) is 32.4. The average Bonchev–Trinajstić information content (AvgIpc) is 2.61. The minimum Gasteiger partial charge on any atom is -0.268 e. The van der Waals surface area contributed by atoms with Gasteiger partial charge in [-0.25, -0.2) is 5.01 Å². The highest BCUT2D eigenvalue weighted by atomic mass is 15.5. The fraction of sp³-hybridized carbons (Fsp3) is 0.400. The van der Waals surface area contributed by atoms with Crippen molar-refractivity contribution < 1.29 is 0 Å². The van der Waals surface area contributed by atoms with Crippen LogP contribution in [-0.2, 0) is 0 Å². The third kappa shape index (κ3) is 0.625. The van der Waals surface area contributed by atoms with Gasteiger partial charge in [-0.05, 0) is 24.0 Å². The molecule has 2 heteroatoms. The van der Waals surface area contributed by atoms with Crippen molar-refractivity contribution >= 4 is 0 Å². The molecule has 2 N–H and O–H groups in total. The highest BCUT2D eigenvalue weighted by Crippen LogP contribution is 2.50. The van der Waals surface area contributed by atoms with E-state index in [0.717, 1.165) is 0 Å². The molecule has 0 radical (unpaired) electrons. The van der Waals surface area contributed by atoms with Gasteiger partial charge in [0.15, 0.2) is 0 Å². The first-order chi connectivity index (χ1) is 5.88. The van der Waals surface area contributed by atoms with E-state index in [1.54, 1.807) is 0 Å². The monoisotopic (exact) mass is 160 g/mol. The summed E-state index contributed by atoms with van der Waals surface area (Å²) in [6.07, 6.45) is 2.47. The zero-order valence-electron chi connectivity index (χ0n) is 6.90. The molecule has 62 valence electrons. The maximum atomic E-state index is 5.97. The van der Waals surface area contributed by atoms with E-state index in [-0.39, 0.29) is 0 Å². The van der Waals surface area contributed by atoms with Crippen molar-refractivity contribution in [2.75, 3.05) is 0 Å². The van der Waals surface area contributed by atoms with Crippen LogP contribution in [0.15, 0.2) is 24.3 Å². The molecule has 2 bridgehead atoms. The summed E-state index contributed by atoms with van der Waals surface area (Å²) < 4.78 is 0. The number of nitrogens with two attached hydrogens (primary N) is 1. The number of hydrazine groups is 1. The Morgan fingerprint density at radius 2 is 1.58 bits per heavy atom. The largest absolute Gasteiger partial charge is 0.268 e. The molecule has 2 nitrogen and oxygen atoms in total. The molecule has 2 atom stereocenters. The lowest BCUT2D eigenvalue weighted by atomic mass is 9.92. The third-order valence-electron chi connectivity index (χ3n) is 3.15. The first-order valence-corrected chi connectivity index (χ1v) is 4.50. The Kier molecular flexibility index (Phi) is 1.15. The Labute approximate surface area is 71.9 Å². The minimum atomic E-state index is 0.506. The van der Waals surface area contributed by atoms with Crippen molar-refractivity contribution in [3.8, 4) is 0 Å². The van der Waals surface area contributed by atoms with E-state index in [9.17, 15) is 0 Å². The van der Waals surface area contributed by atoms with Gasteiger partial charge < -0.3 is 0 Å². The van der Waals surface area contributed by atoms with Crippen molar-refractivity contribution in [2.24, 2.45) is 5.84 Å². The fourth-order valence-electron chi connectivity index (χ4n) is 2.58. The summed E-state index contributed by atoms with van der Waals surface area (Å²) in [7, 11) is 0. The summed E-state index contributed by atoms with van der Waals surface area (Å²) in [5.74, 6) is 5.97. The van der Waals surface area contributed by atoms with Gasteiger partial charge in [-0.1, -0.05) is 24.3 Å². The number of hydrogen-bond acceptors (Lipinski definition) is 2. The van der Waals surface area contributed by atoms with Gasteiger partial charge in [-0.15, -0.1) is 0 Å². The van der Waals surface area contributed by atoms with Crippen LogP contribution in [0.25, 0.3) is 0 Å². The summed E-state index contributed by atoms with van der Waals surface area (Å²) in [4.78, 5) is 0. The van der Waals surface area contributed by atoms with Crippen LogP contribution in [-0.4, -0.2) is 5.01 Å². The smallest absolute Gasteiger partial charge is 0.0501 e. The van der Waals surface area contributed by atoms with E-state index in [2.05, 4.69) is 24.3 Å². The van der Waals surface area contributed by atoms with E-state index in [0.29, 0.717) is 12.1 Å². The summed E-state index contributed by atoms with van der Waals surface area (Å²) in [6.45, 7) is 0. The second kappa shape index (κ2) is 2.09. The molecule has 0 spiro atoms. The van der Waals surface area contributed by atoms with Crippen LogP contribution in [0, 0.1) is 0 Å². The standard InChI is InChI=1S/C10H12N2/c11-12-9-5-6-10(12)8-4-2-1-3-7(8)9/h1-4,9-10H,5-6,11H2. The zero-order valence-corrected chi connectivity index (χ0v) is 6.90. The molecule has 0 saturated carbocycles. The molecule has 1 aromatic carbocycles. The molecule has 2 aliphatic rings. The summed E-state index contributed by atoms with van der Waals surface area (Å²) in [6, 6.07) is 9.64. The van der Waals surface area contributed by atoms with Crippen LogP contribution in [0.5, 0.6) is 0 Å². The Morgan fingerprint density at radius 3 is 2.08 bits per heavy atom. The lowest BCUT2D eigenvalue weighted by Crippen LogP contribution is -2.26. The molecule has 12 heavy (non-hydrogen) atoms. The van der Waals surface area contributed by atoms with Crippen molar-refractivity contribution in [1.29, 1.82) is 0 Å². The van der Waals surface area contributed by atoms with Crippen molar-refractivity contribution in [1.82, 2.24) is 5.01 Å². The Morgan fingerprint density at radius 1 is 1.08 bits per heavy atom. The predicted molar refractivity (Wildman–Crippen MR) is 47.2 cm³/mol. The van der Waals surface area contributed by atoms with Crippen molar-refractivity contribution in [3.05, 3.63) is 35.4 Å². The van der Waals surface area contributed by atoms with Crippen molar-refractivity contribution in [3.63, 3.8) is 0 Å². The fourth-order valence-corrected chi connectivity index (χ4v) is 2.58. The molecule has 2 aliphatic heterocycles. The second-order valence-corrected chi connectivity index (χ2v) is 3.69. The van der Waals surface area contributed by atoms with E-state index in [4.69, 9.17) is 5.84 Å². The molecule has 0 amide bonds. The molecule has 0 aliphatic carbocycles. The molecular formula is C10H12N2. The van der Waals surface area contributed by atoms with Crippen LogP contribution in [0.1, 0.15) is 36.1 Å². The first kappa shape index (κ1) is 6.63. The number of hydrogen-bond donors (Lipinski definition) is 1. The Bertz CT molecular complexity index is 290. The van der Waals surface area contributed by atoms with Crippen molar-refractivity contribution in [2.45, 2.75) is 24.9 Å². The highest BCUT2D eigenvalue weighted by molar-refractivity contribution is 5.39. The van der Waals surface area contributed by atoms with Gasteiger partial charge in [0, 0.05) is 0 Å². The highest BCUT2D eigenvalue weighted by Gasteiger charge is 2.41. The lowest BCUT2D eigenvalue weighted by Gasteiger charge is -2.13. The van der Waals surface area contributed by atoms with Crippen LogP contribution in [0.2, 0.25) is 0 Å². The maximum Gasteiger partial charge on any atom is 0.0501 e. The molecular weight excluding hydrogens is 148 g/mol. The maximum absolute atomic E-state index is 5.97. The Balaban J connectivity index is 2.21. The molecule has 3 rings (SSSR count). The number of fused-ring (bicyclic) bond motifs is 5. The number of rotatable bonds is 0. The SMILES string of the molecule is NN1C2CCC1c1ccccc12. The topological polar surface area (TPSA) is 29.3 Å². The molecule has 2 unspecified atom stereocenters. The first-order valence-electron chi connectivity index (χ1n) is 4.50. The predicted octanol–water partition coefficient (Wildman–Crippen LogP) is 1.75. The second-order valence-electron chi connectivity index (χ2n) is 3.69. The van der Waals surface area contributed by atoms with Gasteiger partial charge in [-0.3, -0.25) is 5.84 Å². The van der Waals surface area contributed by atoms with Gasteiger partial charge in [0.25, 0.3) is 0 Å². The van der Waals surface area contributed by atoms with E-state index in [1.165, 1.54) is 24.0 Å². The van der Waals surface area contributed by atoms with Gasteiger partial charge in [0.05, 0.1) is 12.1 Å². The zero-order chi connectivity index (χ0) is 8.13. The Hall–Kier alpha value is -0.860. The molecule has 1 aromatic rings. The average molecular weight is 160 g/mol. The lowest BCUT2D eigenvalue weighted by molar-refractivity contribution is 0.230. The quantitative estimate of drug-likeness (QED) is 0.586.